The number of thiophene rings is 1. The maximum atomic E-state index is 12.5. The number of nitrogens with one attached hydrogen (secondary N) is 1. The summed E-state index contributed by atoms with van der Waals surface area (Å²) in [6.45, 7) is 2.15. The summed E-state index contributed by atoms with van der Waals surface area (Å²) in [5.41, 5.74) is 2.69. The number of aromatic nitrogens is 2. The van der Waals surface area contributed by atoms with Gasteiger partial charge in [-0.05, 0) is 23.9 Å². The molecule has 0 unspecified atom stereocenters. The molecule has 140 valence electrons. The molecule has 0 saturated carbocycles. The molecule has 0 spiro atoms. The predicted molar refractivity (Wildman–Crippen MR) is 106 cm³/mol. The lowest BCUT2D eigenvalue weighted by Gasteiger charge is -2.28. The molecule has 0 saturated heterocycles. The second kappa shape index (κ2) is 7.54. The molecule has 0 radical (unpaired) electrons. The van der Waals surface area contributed by atoms with Gasteiger partial charge in [-0.2, -0.15) is 0 Å². The first-order valence-electron chi connectivity index (χ1n) is 8.77. The van der Waals surface area contributed by atoms with Gasteiger partial charge in [0.05, 0.1) is 24.8 Å². The maximum Gasteiger partial charge on any atom is 0.254 e. The lowest BCUT2D eigenvalue weighted by molar-refractivity contribution is 0.235. The van der Waals surface area contributed by atoms with Gasteiger partial charge in [-0.3, -0.25) is 9.69 Å². The molecule has 6 nitrogen and oxygen atoms in total. The van der Waals surface area contributed by atoms with Crippen LogP contribution in [0.5, 0.6) is 11.5 Å². The first-order chi connectivity index (χ1) is 13.2. The van der Waals surface area contributed by atoms with Crippen LogP contribution in [0.4, 0.5) is 0 Å². The number of benzene rings is 1. The minimum atomic E-state index is -0.0259. The molecule has 0 fully saturated rings. The van der Waals surface area contributed by atoms with Crippen molar-refractivity contribution in [2.24, 2.45) is 0 Å². The quantitative estimate of drug-likeness (QED) is 0.733. The van der Waals surface area contributed by atoms with E-state index in [1.807, 2.05) is 35.7 Å². The predicted octanol–water partition coefficient (Wildman–Crippen LogP) is 3.07. The topological polar surface area (TPSA) is 67.5 Å². The van der Waals surface area contributed by atoms with E-state index in [-0.39, 0.29) is 5.56 Å². The Labute approximate surface area is 161 Å². The monoisotopic (exact) mass is 383 g/mol. The third kappa shape index (κ3) is 3.48. The Morgan fingerprint density at radius 3 is 2.85 bits per heavy atom. The number of methoxy groups -OCH3 is 2. The molecular formula is C20H21N3O3S. The van der Waals surface area contributed by atoms with E-state index in [2.05, 4.69) is 9.88 Å². The van der Waals surface area contributed by atoms with Crippen LogP contribution >= 0.6 is 11.3 Å². The Balaban J connectivity index is 1.61. The lowest BCUT2D eigenvalue weighted by Crippen LogP contribution is -2.35. The Bertz CT molecular complexity index is 998. The summed E-state index contributed by atoms with van der Waals surface area (Å²) in [7, 11) is 3.29. The van der Waals surface area contributed by atoms with Crippen molar-refractivity contribution in [2.75, 3.05) is 20.8 Å². The summed E-state index contributed by atoms with van der Waals surface area (Å²) in [4.78, 5) is 23.4. The summed E-state index contributed by atoms with van der Waals surface area (Å²) in [6, 6.07) is 9.83. The maximum absolute atomic E-state index is 12.5. The molecule has 4 rings (SSSR count). The van der Waals surface area contributed by atoms with Gasteiger partial charge in [-0.1, -0.05) is 18.2 Å². The van der Waals surface area contributed by atoms with E-state index in [1.165, 1.54) is 0 Å². The molecule has 0 bridgehead atoms. The van der Waals surface area contributed by atoms with Gasteiger partial charge in [0.2, 0.25) is 0 Å². The summed E-state index contributed by atoms with van der Waals surface area (Å²) < 4.78 is 10.9. The fourth-order valence-electron chi connectivity index (χ4n) is 3.48. The van der Waals surface area contributed by atoms with Crippen molar-refractivity contribution in [1.82, 2.24) is 14.9 Å². The molecule has 0 aliphatic carbocycles. The number of rotatable bonds is 5. The summed E-state index contributed by atoms with van der Waals surface area (Å²) in [5.74, 6) is 2.13. The zero-order valence-electron chi connectivity index (χ0n) is 15.3. The van der Waals surface area contributed by atoms with Gasteiger partial charge in [0, 0.05) is 30.8 Å². The number of H-pyrrole nitrogens is 1. The van der Waals surface area contributed by atoms with Gasteiger partial charge in [-0.25, -0.2) is 4.98 Å². The molecule has 27 heavy (non-hydrogen) atoms. The second-order valence-corrected chi connectivity index (χ2v) is 7.38. The lowest BCUT2D eigenvalue weighted by atomic mass is 10.0. The van der Waals surface area contributed by atoms with Crippen LogP contribution in [0.2, 0.25) is 0 Å². The molecule has 2 aromatic heterocycles. The number of hydrogen-bond donors (Lipinski definition) is 1. The average molecular weight is 383 g/mol. The molecule has 3 aromatic rings. The Hall–Kier alpha value is -2.64. The zero-order chi connectivity index (χ0) is 18.8. The third-order valence-corrected chi connectivity index (χ3v) is 5.66. The number of nitrogens with zero attached hydrogens (tertiary/aromatic N) is 2. The van der Waals surface area contributed by atoms with Crippen molar-refractivity contribution in [2.45, 2.75) is 19.5 Å². The van der Waals surface area contributed by atoms with E-state index >= 15 is 0 Å². The van der Waals surface area contributed by atoms with Crippen LogP contribution in [-0.2, 0) is 19.5 Å². The van der Waals surface area contributed by atoms with E-state index in [1.54, 1.807) is 25.6 Å². The average Bonchev–Trinajstić information content (AvgIpc) is 3.22. The van der Waals surface area contributed by atoms with Crippen LogP contribution in [-0.4, -0.2) is 35.6 Å². The zero-order valence-corrected chi connectivity index (χ0v) is 16.1. The van der Waals surface area contributed by atoms with Crippen LogP contribution in [0.15, 0.2) is 40.5 Å². The normalized spacial score (nSPS) is 14.0. The van der Waals surface area contributed by atoms with Crippen molar-refractivity contribution in [3.63, 3.8) is 0 Å². The Kier molecular flexibility index (Phi) is 4.96. The van der Waals surface area contributed by atoms with E-state index in [9.17, 15) is 4.79 Å². The molecule has 7 heteroatoms. The fourth-order valence-corrected chi connectivity index (χ4v) is 4.15. The Morgan fingerprint density at radius 1 is 1.22 bits per heavy atom. The molecule has 1 N–H and O–H groups in total. The molecule has 1 aliphatic heterocycles. The standard InChI is InChI=1S/C20H21N3O3S/c1-25-16-6-3-5-13(18(16)26-2)11-23-9-8-14-15(12-23)21-19(22-20(14)24)17-7-4-10-27-17/h3-7,10H,8-9,11-12H2,1-2H3,(H,21,22,24). The van der Waals surface area contributed by atoms with E-state index < -0.39 is 0 Å². The Morgan fingerprint density at radius 2 is 2.11 bits per heavy atom. The number of fused-ring (bicyclic) bond motifs is 1. The van der Waals surface area contributed by atoms with Crippen LogP contribution in [0.1, 0.15) is 16.8 Å². The highest BCUT2D eigenvalue weighted by atomic mass is 32.1. The van der Waals surface area contributed by atoms with Crippen molar-refractivity contribution < 1.29 is 9.47 Å². The second-order valence-electron chi connectivity index (χ2n) is 6.43. The van der Waals surface area contributed by atoms with E-state index in [0.717, 1.165) is 39.7 Å². The number of ether oxygens (including phenoxy) is 2. The molecule has 0 atom stereocenters. The van der Waals surface area contributed by atoms with Crippen LogP contribution in [0, 0.1) is 0 Å². The van der Waals surface area contributed by atoms with Crippen molar-refractivity contribution in [1.29, 1.82) is 0 Å². The highest BCUT2D eigenvalue weighted by molar-refractivity contribution is 7.13. The highest BCUT2D eigenvalue weighted by Gasteiger charge is 2.23. The number of hydrogen-bond acceptors (Lipinski definition) is 6. The van der Waals surface area contributed by atoms with Gasteiger partial charge in [0.1, 0.15) is 0 Å². The third-order valence-electron chi connectivity index (χ3n) is 4.79. The SMILES string of the molecule is COc1cccc(CN2CCc3c(nc(-c4cccs4)[nH]c3=O)C2)c1OC. The highest BCUT2D eigenvalue weighted by Crippen LogP contribution is 2.32. The number of aromatic amines is 1. The van der Waals surface area contributed by atoms with Crippen molar-refractivity contribution in [3.05, 3.63) is 62.9 Å². The number of para-hydroxylation sites is 1. The smallest absolute Gasteiger partial charge is 0.254 e. The van der Waals surface area contributed by atoms with Gasteiger partial charge in [-0.15, -0.1) is 11.3 Å². The van der Waals surface area contributed by atoms with E-state index in [0.29, 0.717) is 25.3 Å². The van der Waals surface area contributed by atoms with Gasteiger partial charge in [0.25, 0.3) is 5.56 Å². The minimum Gasteiger partial charge on any atom is -0.493 e. The summed E-state index contributed by atoms with van der Waals surface area (Å²) in [5, 5.41) is 1.98. The van der Waals surface area contributed by atoms with Gasteiger partial charge in [0.15, 0.2) is 17.3 Å². The van der Waals surface area contributed by atoms with Crippen LogP contribution in [0.25, 0.3) is 10.7 Å². The first-order valence-corrected chi connectivity index (χ1v) is 9.65. The minimum absolute atomic E-state index is 0.0259. The molecule has 3 heterocycles. The van der Waals surface area contributed by atoms with Crippen molar-refractivity contribution >= 4 is 11.3 Å². The summed E-state index contributed by atoms with van der Waals surface area (Å²) >= 11 is 1.57. The molecule has 0 amide bonds. The molecule has 1 aromatic carbocycles. The molecular weight excluding hydrogens is 362 g/mol. The first kappa shape index (κ1) is 17.8. The van der Waals surface area contributed by atoms with Gasteiger partial charge >= 0.3 is 0 Å². The fraction of sp³-hybridized carbons (Fsp3) is 0.300. The molecule has 1 aliphatic rings. The van der Waals surface area contributed by atoms with Crippen LogP contribution in [0.3, 0.4) is 0 Å². The van der Waals surface area contributed by atoms with Gasteiger partial charge < -0.3 is 14.5 Å². The van der Waals surface area contributed by atoms with E-state index in [4.69, 9.17) is 14.5 Å². The van der Waals surface area contributed by atoms with Crippen LogP contribution < -0.4 is 15.0 Å². The van der Waals surface area contributed by atoms with Crippen molar-refractivity contribution in [3.8, 4) is 22.2 Å². The summed E-state index contributed by atoms with van der Waals surface area (Å²) in [6.07, 6.45) is 0.689. The largest absolute Gasteiger partial charge is 0.493 e.